The number of carbonyl (C=O) groups is 2. The predicted octanol–water partition coefficient (Wildman–Crippen LogP) is 4.45. The minimum atomic E-state index is -4.51. The van der Waals surface area contributed by atoms with Gasteiger partial charge in [0, 0.05) is 24.2 Å². The number of amides is 2. The van der Waals surface area contributed by atoms with Crippen molar-refractivity contribution in [2.75, 3.05) is 25.1 Å². The number of benzene rings is 3. The number of ether oxygens (including phenoxy) is 2. The summed E-state index contributed by atoms with van der Waals surface area (Å²) in [5.41, 5.74) is 0.743. The Morgan fingerprint density at radius 3 is 2.02 bits per heavy atom. The van der Waals surface area contributed by atoms with Crippen LogP contribution in [0.25, 0.3) is 0 Å². The Kier molecular flexibility index (Phi) is 11.3. The van der Waals surface area contributed by atoms with E-state index in [0.717, 1.165) is 10.4 Å². The number of aryl methyl sites for hydroxylation is 1. The van der Waals surface area contributed by atoms with E-state index in [2.05, 4.69) is 5.32 Å². The molecule has 0 unspecified atom stereocenters. The Bertz CT molecular complexity index is 1580. The number of nitrogens with zero attached hydrogens (tertiary/aromatic N) is 3. The summed E-state index contributed by atoms with van der Waals surface area (Å²) in [6.45, 7) is 6.21. The summed E-state index contributed by atoms with van der Waals surface area (Å²) in [5.74, 6) is 0.0473. The van der Waals surface area contributed by atoms with Gasteiger partial charge in [0.1, 0.15) is 24.1 Å². The highest BCUT2D eigenvalue weighted by molar-refractivity contribution is 7.92. The van der Waals surface area contributed by atoms with Crippen LogP contribution in [0.2, 0.25) is 0 Å². The summed E-state index contributed by atoms with van der Waals surface area (Å²) < 4.78 is 39.5. The SMILES string of the molecule is CC[C@H](C(=O)NC(C)C)N(Cc1ccc(OC)cc1)C(=O)CN(c1ccc(OC)cc1)S(=O)(=O)c1ccc(C)c([N+](=O)[O-])c1. The van der Waals surface area contributed by atoms with Crippen LogP contribution in [-0.4, -0.2) is 62.9 Å². The molecule has 3 aromatic carbocycles. The van der Waals surface area contributed by atoms with Crippen molar-refractivity contribution in [3.05, 3.63) is 88.0 Å². The van der Waals surface area contributed by atoms with E-state index < -0.39 is 33.4 Å². The number of nitrogens with one attached hydrogen (secondary N) is 1. The van der Waals surface area contributed by atoms with Crippen LogP contribution < -0.4 is 19.1 Å². The molecule has 0 fully saturated rings. The van der Waals surface area contributed by atoms with Crippen LogP contribution in [0.5, 0.6) is 11.5 Å². The molecular formula is C31H38N4O8S. The van der Waals surface area contributed by atoms with Crippen molar-refractivity contribution in [1.82, 2.24) is 10.2 Å². The molecule has 12 nitrogen and oxygen atoms in total. The molecule has 0 heterocycles. The predicted molar refractivity (Wildman–Crippen MR) is 166 cm³/mol. The molecule has 0 aliphatic carbocycles. The summed E-state index contributed by atoms with van der Waals surface area (Å²) >= 11 is 0. The number of nitro benzene ring substituents is 1. The van der Waals surface area contributed by atoms with E-state index >= 15 is 0 Å². The monoisotopic (exact) mass is 626 g/mol. The van der Waals surface area contributed by atoms with E-state index in [9.17, 15) is 28.1 Å². The summed E-state index contributed by atoms with van der Waals surface area (Å²) in [6, 6.07) is 15.5. The molecular weight excluding hydrogens is 588 g/mol. The molecule has 0 saturated carbocycles. The third-order valence-corrected chi connectivity index (χ3v) is 8.70. The van der Waals surface area contributed by atoms with Crippen molar-refractivity contribution < 1.29 is 32.4 Å². The van der Waals surface area contributed by atoms with Gasteiger partial charge in [-0.3, -0.25) is 24.0 Å². The van der Waals surface area contributed by atoms with Crippen molar-refractivity contribution in [3.63, 3.8) is 0 Å². The topological polar surface area (TPSA) is 148 Å². The average Bonchev–Trinajstić information content (AvgIpc) is 2.99. The van der Waals surface area contributed by atoms with Gasteiger partial charge in [0.25, 0.3) is 15.7 Å². The molecule has 0 bridgehead atoms. The van der Waals surface area contributed by atoms with Crippen LogP contribution in [0.15, 0.2) is 71.6 Å². The fourth-order valence-corrected chi connectivity index (χ4v) is 6.01. The van der Waals surface area contributed by atoms with E-state index in [0.29, 0.717) is 17.1 Å². The Hall–Kier alpha value is -4.65. The van der Waals surface area contributed by atoms with Gasteiger partial charge in [-0.1, -0.05) is 25.1 Å². The lowest BCUT2D eigenvalue weighted by Gasteiger charge is -2.33. The maximum absolute atomic E-state index is 14.2. The van der Waals surface area contributed by atoms with Crippen LogP contribution in [-0.2, 0) is 26.2 Å². The van der Waals surface area contributed by atoms with Gasteiger partial charge in [0.05, 0.1) is 29.7 Å². The second kappa shape index (κ2) is 14.7. The molecule has 3 rings (SSSR count). The molecule has 0 radical (unpaired) electrons. The molecule has 0 aromatic heterocycles. The number of hydrogen-bond acceptors (Lipinski definition) is 8. The summed E-state index contributed by atoms with van der Waals surface area (Å²) in [5, 5.41) is 14.5. The minimum Gasteiger partial charge on any atom is -0.497 e. The van der Waals surface area contributed by atoms with Crippen LogP contribution in [0.3, 0.4) is 0 Å². The second-order valence-electron chi connectivity index (χ2n) is 10.4. The molecule has 3 aromatic rings. The lowest BCUT2D eigenvalue weighted by Crippen LogP contribution is -2.53. The van der Waals surface area contributed by atoms with E-state index in [1.54, 1.807) is 57.2 Å². The van der Waals surface area contributed by atoms with E-state index in [4.69, 9.17) is 9.47 Å². The van der Waals surface area contributed by atoms with E-state index in [-0.39, 0.29) is 46.7 Å². The van der Waals surface area contributed by atoms with Gasteiger partial charge in [-0.05, 0) is 75.2 Å². The van der Waals surface area contributed by atoms with Crippen molar-refractivity contribution >= 4 is 33.2 Å². The first-order valence-corrected chi connectivity index (χ1v) is 15.4. The third kappa shape index (κ3) is 8.04. The summed E-state index contributed by atoms with van der Waals surface area (Å²) in [6.07, 6.45) is 0.264. The van der Waals surface area contributed by atoms with Gasteiger partial charge < -0.3 is 19.7 Å². The average molecular weight is 627 g/mol. The summed E-state index contributed by atoms with van der Waals surface area (Å²) in [4.78, 5) is 39.4. The maximum atomic E-state index is 14.2. The van der Waals surface area contributed by atoms with Crippen LogP contribution in [0.4, 0.5) is 11.4 Å². The van der Waals surface area contributed by atoms with E-state index in [1.807, 2.05) is 0 Å². The first kappa shape index (κ1) is 33.8. The number of sulfonamides is 1. The Morgan fingerprint density at radius 1 is 0.955 bits per heavy atom. The van der Waals surface area contributed by atoms with Crippen molar-refractivity contribution in [1.29, 1.82) is 0 Å². The highest BCUT2D eigenvalue weighted by Crippen LogP contribution is 2.29. The highest BCUT2D eigenvalue weighted by Gasteiger charge is 2.34. The number of carbonyl (C=O) groups excluding carboxylic acids is 2. The van der Waals surface area contributed by atoms with E-state index in [1.165, 1.54) is 50.3 Å². The van der Waals surface area contributed by atoms with Gasteiger partial charge >= 0.3 is 0 Å². The number of nitro groups is 1. The first-order valence-electron chi connectivity index (χ1n) is 14.0. The molecule has 13 heteroatoms. The van der Waals surface area contributed by atoms with Crippen LogP contribution in [0, 0.1) is 17.0 Å². The fraction of sp³-hybridized carbons (Fsp3) is 0.355. The fourth-order valence-electron chi connectivity index (χ4n) is 4.58. The lowest BCUT2D eigenvalue weighted by atomic mass is 10.1. The molecule has 44 heavy (non-hydrogen) atoms. The van der Waals surface area contributed by atoms with Gasteiger partial charge in [0.2, 0.25) is 11.8 Å². The van der Waals surface area contributed by atoms with Gasteiger partial charge in [0.15, 0.2) is 0 Å². The zero-order valence-electron chi connectivity index (χ0n) is 25.6. The van der Waals surface area contributed by atoms with Gasteiger partial charge in [-0.2, -0.15) is 0 Å². The third-order valence-electron chi connectivity index (χ3n) is 6.93. The van der Waals surface area contributed by atoms with Crippen molar-refractivity contribution in [2.45, 2.75) is 57.6 Å². The lowest BCUT2D eigenvalue weighted by molar-refractivity contribution is -0.385. The standard InChI is InChI=1S/C31H38N4O8S/c1-7-28(31(37)32-21(2)3)33(19-23-9-13-25(42-5)14-10-23)30(36)20-34(24-11-15-26(43-6)16-12-24)44(40,41)27-17-8-22(4)29(18-27)35(38)39/h8-18,21,28H,7,19-20H2,1-6H3,(H,32,37)/t28-/m1/s1. The molecule has 236 valence electrons. The molecule has 0 aliphatic rings. The first-order chi connectivity index (χ1) is 20.8. The smallest absolute Gasteiger partial charge is 0.273 e. The normalized spacial score (nSPS) is 11.9. The number of hydrogen-bond donors (Lipinski definition) is 1. The molecule has 0 saturated heterocycles. The Balaban J connectivity index is 2.12. The number of rotatable bonds is 14. The van der Waals surface area contributed by atoms with Crippen molar-refractivity contribution in [2.24, 2.45) is 0 Å². The molecule has 1 N–H and O–H groups in total. The maximum Gasteiger partial charge on any atom is 0.273 e. The minimum absolute atomic E-state index is 0.0132. The Labute approximate surface area is 257 Å². The molecule has 0 spiro atoms. The molecule has 2 amide bonds. The highest BCUT2D eigenvalue weighted by atomic mass is 32.2. The molecule has 1 atom stereocenters. The van der Waals surface area contributed by atoms with Crippen molar-refractivity contribution in [3.8, 4) is 11.5 Å². The second-order valence-corrected chi connectivity index (χ2v) is 12.2. The van der Waals surface area contributed by atoms with Gasteiger partial charge in [-0.15, -0.1) is 0 Å². The van der Waals surface area contributed by atoms with Crippen LogP contribution >= 0.6 is 0 Å². The zero-order chi connectivity index (χ0) is 32.6. The molecule has 0 aliphatic heterocycles. The quantitative estimate of drug-likeness (QED) is 0.204. The number of methoxy groups -OCH3 is 2. The van der Waals surface area contributed by atoms with Gasteiger partial charge in [-0.25, -0.2) is 8.42 Å². The van der Waals surface area contributed by atoms with Crippen LogP contribution in [0.1, 0.15) is 38.3 Å². The summed E-state index contributed by atoms with van der Waals surface area (Å²) in [7, 11) is -1.51. The Morgan fingerprint density at radius 2 is 1.52 bits per heavy atom. The largest absolute Gasteiger partial charge is 0.497 e. The zero-order valence-corrected chi connectivity index (χ0v) is 26.5. The number of anilines is 1.